The van der Waals surface area contributed by atoms with Gasteiger partial charge in [-0.25, -0.2) is 0 Å². The molecule has 0 aliphatic carbocycles. The maximum Gasteiger partial charge on any atom is 0.144 e. The summed E-state index contributed by atoms with van der Waals surface area (Å²) >= 11 is 0. The molecule has 0 aromatic heterocycles. The number of nitrogens with zero attached hydrogens (tertiary/aromatic N) is 2. The molecule has 1 aliphatic heterocycles. The molecule has 0 bridgehead atoms. The summed E-state index contributed by atoms with van der Waals surface area (Å²) in [4.78, 5) is 2.31. The van der Waals surface area contributed by atoms with Crippen LogP contribution in [0.2, 0.25) is 0 Å². The standard InChI is InChI=1S/C14H29N3O3/c1-13(2,12(15)16-19)6-5-7-17-8-11(9-18)20-14(3,4)10-17/h11,18-19H,5-10H2,1-4H3,(H2,15,16). The van der Waals surface area contributed by atoms with Crippen LogP contribution in [0.4, 0.5) is 0 Å². The second-order valence-electron chi connectivity index (χ2n) is 6.89. The Kier molecular flexibility index (Phi) is 5.79. The molecule has 1 unspecified atom stereocenters. The van der Waals surface area contributed by atoms with Crippen LogP contribution in [-0.2, 0) is 4.74 Å². The molecule has 0 spiro atoms. The summed E-state index contributed by atoms with van der Waals surface area (Å²) in [5.74, 6) is 0.271. The zero-order valence-electron chi connectivity index (χ0n) is 13.1. The van der Waals surface area contributed by atoms with E-state index in [0.29, 0.717) is 0 Å². The van der Waals surface area contributed by atoms with Gasteiger partial charge in [0, 0.05) is 18.5 Å². The number of aliphatic hydroxyl groups excluding tert-OH is 1. The molecular weight excluding hydrogens is 258 g/mol. The van der Waals surface area contributed by atoms with Crippen molar-refractivity contribution >= 4 is 5.84 Å². The van der Waals surface area contributed by atoms with Crippen LogP contribution < -0.4 is 5.73 Å². The van der Waals surface area contributed by atoms with Gasteiger partial charge in [0.2, 0.25) is 0 Å². The fourth-order valence-corrected chi connectivity index (χ4v) is 2.69. The third-order valence-corrected chi connectivity index (χ3v) is 3.83. The highest BCUT2D eigenvalue weighted by Crippen LogP contribution is 2.25. The SMILES string of the molecule is CC1(C)CN(CCCC(C)(C)C(N)=NO)CC(CO)O1. The lowest BCUT2D eigenvalue weighted by Crippen LogP contribution is -2.54. The molecule has 1 heterocycles. The first kappa shape index (κ1) is 17.2. The van der Waals surface area contributed by atoms with E-state index in [2.05, 4.69) is 10.1 Å². The molecule has 0 aromatic carbocycles. The molecule has 0 amide bonds. The monoisotopic (exact) mass is 287 g/mol. The van der Waals surface area contributed by atoms with Crippen LogP contribution >= 0.6 is 0 Å². The molecule has 6 heteroatoms. The Labute approximate surface area is 121 Å². The van der Waals surface area contributed by atoms with Gasteiger partial charge in [-0.2, -0.15) is 0 Å². The predicted molar refractivity (Wildman–Crippen MR) is 78.9 cm³/mol. The molecule has 0 aromatic rings. The van der Waals surface area contributed by atoms with Crippen molar-refractivity contribution in [1.29, 1.82) is 0 Å². The van der Waals surface area contributed by atoms with Gasteiger partial charge in [-0.1, -0.05) is 19.0 Å². The zero-order chi connectivity index (χ0) is 15.4. The Morgan fingerprint density at radius 3 is 2.70 bits per heavy atom. The van der Waals surface area contributed by atoms with Crippen LogP contribution in [0.5, 0.6) is 0 Å². The van der Waals surface area contributed by atoms with Crippen LogP contribution in [0.15, 0.2) is 5.16 Å². The van der Waals surface area contributed by atoms with E-state index in [1.165, 1.54) is 0 Å². The first-order chi connectivity index (χ1) is 9.20. The highest BCUT2D eigenvalue weighted by atomic mass is 16.5. The van der Waals surface area contributed by atoms with E-state index in [-0.39, 0.29) is 29.6 Å². The quantitative estimate of drug-likeness (QED) is 0.293. The number of hydrogen-bond donors (Lipinski definition) is 3. The van der Waals surface area contributed by atoms with Crippen LogP contribution in [0, 0.1) is 5.41 Å². The number of nitrogens with two attached hydrogens (primary N) is 1. The van der Waals surface area contributed by atoms with Gasteiger partial charge in [0.1, 0.15) is 5.84 Å². The van der Waals surface area contributed by atoms with E-state index in [4.69, 9.17) is 15.7 Å². The van der Waals surface area contributed by atoms with Gasteiger partial charge in [0.15, 0.2) is 0 Å². The lowest BCUT2D eigenvalue weighted by atomic mass is 9.86. The van der Waals surface area contributed by atoms with E-state index in [1.807, 2.05) is 27.7 Å². The lowest BCUT2D eigenvalue weighted by molar-refractivity contribution is -0.149. The van der Waals surface area contributed by atoms with Crippen molar-refractivity contribution in [3.63, 3.8) is 0 Å². The number of morpholine rings is 1. The summed E-state index contributed by atoms with van der Waals surface area (Å²) in [7, 11) is 0. The van der Waals surface area contributed by atoms with Crippen molar-refractivity contribution in [2.45, 2.75) is 52.2 Å². The molecule has 1 atom stereocenters. The van der Waals surface area contributed by atoms with Gasteiger partial charge in [-0.3, -0.25) is 4.90 Å². The topological polar surface area (TPSA) is 91.3 Å². The molecule has 4 N–H and O–H groups in total. The maximum absolute atomic E-state index is 9.29. The molecule has 1 fully saturated rings. The van der Waals surface area contributed by atoms with E-state index in [1.54, 1.807) is 0 Å². The molecular formula is C14H29N3O3. The number of hydrogen-bond acceptors (Lipinski definition) is 5. The van der Waals surface area contributed by atoms with Gasteiger partial charge in [-0.15, -0.1) is 0 Å². The number of ether oxygens (including phenoxy) is 1. The number of rotatable bonds is 6. The summed E-state index contributed by atoms with van der Waals surface area (Å²) in [6.45, 7) is 10.6. The first-order valence-electron chi connectivity index (χ1n) is 7.19. The minimum Gasteiger partial charge on any atom is -0.409 e. The van der Waals surface area contributed by atoms with Gasteiger partial charge >= 0.3 is 0 Å². The Balaban J connectivity index is 2.45. The van der Waals surface area contributed by atoms with Gasteiger partial charge < -0.3 is 20.8 Å². The second kappa shape index (κ2) is 6.74. The van der Waals surface area contributed by atoms with Gasteiger partial charge in [-0.05, 0) is 33.2 Å². The Morgan fingerprint density at radius 2 is 2.15 bits per heavy atom. The smallest absolute Gasteiger partial charge is 0.144 e. The van der Waals surface area contributed by atoms with Crippen LogP contribution in [0.3, 0.4) is 0 Å². The molecule has 1 saturated heterocycles. The molecule has 118 valence electrons. The maximum atomic E-state index is 9.29. The van der Waals surface area contributed by atoms with E-state index < -0.39 is 0 Å². The minimum absolute atomic E-state index is 0.0511. The summed E-state index contributed by atoms with van der Waals surface area (Å²) in [6.07, 6.45) is 1.69. The van der Waals surface area contributed by atoms with Crippen molar-refractivity contribution in [1.82, 2.24) is 4.90 Å². The summed E-state index contributed by atoms with van der Waals surface area (Å²) < 4.78 is 5.79. The van der Waals surface area contributed by atoms with Crippen LogP contribution in [-0.4, -0.2) is 59.0 Å². The Bertz CT molecular complexity index is 343. The molecule has 0 radical (unpaired) electrons. The van der Waals surface area contributed by atoms with E-state index >= 15 is 0 Å². The molecule has 0 saturated carbocycles. The van der Waals surface area contributed by atoms with Crippen LogP contribution in [0.25, 0.3) is 0 Å². The zero-order valence-corrected chi connectivity index (χ0v) is 13.1. The van der Waals surface area contributed by atoms with Gasteiger partial charge in [0.05, 0.1) is 18.3 Å². The Hall–Kier alpha value is -0.850. The Morgan fingerprint density at radius 1 is 1.50 bits per heavy atom. The average molecular weight is 287 g/mol. The van der Waals surface area contributed by atoms with Crippen molar-refractivity contribution in [3.05, 3.63) is 0 Å². The minimum atomic E-state index is -0.299. The number of oxime groups is 1. The normalized spacial score (nSPS) is 24.9. The van der Waals surface area contributed by atoms with Crippen molar-refractivity contribution in [2.24, 2.45) is 16.3 Å². The van der Waals surface area contributed by atoms with Crippen LogP contribution in [0.1, 0.15) is 40.5 Å². The van der Waals surface area contributed by atoms with Crippen molar-refractivity contribution < 1.29 is 15.1 Å². The second-order valence-corrected chi connectivity index (χ2v) is 6.89. The highest BCUT2D eigenvalue weighted by Gasteiger charge is 2.33. The largest absolute Gasteiger partial charge is 0.409 e. The lowest BCUT2D eigenvalue weighted by Gasteiger charge is -2.42. The molecule has 20 heavy (non-hydrogen) atoms. The summed E-state index contributed by atoms with van der Waals surface area (Å²) in [5, 5.41) is 21.2. The fourth-order valence-electron chi connectivity index (χ4n) is 2.69. The van der Waals surface area contributed by atoms with Crippen molar-refractivity contribution in [3.8, 4) is 0 Å². The first-order valence-corrected chi connectivity index (χ1v) is 7.19. The number of aliphatic hydroxyl groups is 1. The predicted octanol–water partition coefficient (Wildman–Crippen LogP) is 1.01. The average Bonchev–Trinajstić information content (AvgIpc) is 2.35. The van der Waals surface area contributed by atoms with E-state index in [9.17, 15) is 5.11 Å². The van der Waals surface area contributed by atoms with E-state index in [0.717, 1.165) is 32.5 Å². The summed E-state index contributed by atoms with van der Waals surface area (Å²) in [6, 6.07) is 0. The molecule has 1 rings (SSSR count). The third-order valence-electron chi connectivity index (χ3n) is 3.83. The third kappa shape index (κ3) is 4.92. The van der Waals surface area contributed by atoms with Gasteiger partial charge in [0.25, 0.3) is 0 Å². The number of amidine groups is 1. The fraction of sp³-hybridized carbons (Fsp3) is 0.929. The van der Waals surface area contributed by atoms with Crippen molar-refractivity contribution in [2.75, 3.05) is 26.2 Å². The molecule has 1 aliphatic rings. The summed E-state index contributed by atoms with van der Waals surface area (Å²) in [5.41, 5.74) is 5.16. The highest BCUT2D eigenvalue weighted by molar-refractivity contribution is 5.85. The molecule has 6 nitrogen and oxygen atoms in total.